The summed E-state index contributed by atoms with van der Waals surface area (Å²) in [6.45, 7) is 0. The number of amides is 2. The highest BCUT2D eigenvalue weighted by molar-refractivity contribution is 9.11. The van der Waals surface area contributed by atoms with Crippen LogP contribution in [-0.2, 0) is 9.59 Å². The number of rotatable bonds is 2. The van der Waals surface area contributed by atoms with E-state index in [1.165, 1.54) is 16.2 Å². The number of nitrogens with zero attached hydrogens (tertiary/aromatic N) is 1. The third-order valence-electron chi connectivity index (χ3n) is 4.12. The Kier molecular flexibility index (Phi) is 5.28. The van der Waals surface area contributed by atoms with Crippen molar-refractivity contribution in [2.45, 2.75) is 0 Å². The molecule has 0 saturated carbocycles. The second-order valence-electron chi connectivity index (χ2n) is 5.86. The smallest absolute Gasteiger partial charge is 0.270 e. The van der Waals surface area contributed by atoms with E-state index in [0.717, 1.165) is 13.9 Å². The highest BCUT2D eigenvalue weighted by atomic mass is 79.9. The van der Waals surface area contributed by atoms with Gasteiger partial charge in [-0.3, -0.25) is 19.8 Å². The van der Waals surface area contributed by atoms with Crippen LogP contribution in [0, 0.1) is 0 Å². The van der Waals surface area contributed by atoms with Crippen molar-refractivity contribution in [3.05, 3.63) is 67.4 Å². The van der Waals surface area contributed by atoms with E-state index < -0.39 is 11.8 Å². The fourth-order valence-corrected chi connectivity index (χ4v) is 5.14. The van der Waals surface area contributed by atoms with Crippen molar-refractivity contribution < 1.29 is 9.59 Å². The van der Waals surface area contributed by atoms with Crippen molar-refractivity contribution in [2.75, 3.05) is 4.90 Å². The van der Waals surface area contributed by atoms with Crippen molar-refractivity contribution in [3.63, 3.8) is 0 Å². The third kappa shape index (κ3) is 3.49. The number of anilines is 1. The lowest BCUT2D eigenvalue weighted by Crippen LogP contribution is -2.54. The zero-order chi connectivity index (χ0) is 20.0. The lowest BCUT2D eigenvalue weighted by Gasteiger charge is -2.28. The largest absolute Gasteiger partial charge is 0.298 e. The van der Waals surface area contributed by atoms with E-state index in [1.807, 2.05) is 6.07 Å². The van der Waals surface area contributed by atoms with Gasteiger partial charge in [-0.1, -0.05) is 23.2 Å². The summed E-state index contributed by atoms with van der Waals surface area (Å²) in [7, 11) is 0. The lowest BCUT2D eigenvalue weighted by atomic mass is 10.1. The first-order chi connectivity index (χ1) is 13.3. The van der Waals surface area contributed by atoms with E-state index in [9.17, 15) is 9.59 Å². The molecule has 9 heteroatoms. The molecule has 0 unspecified atom stereocenters. The Morgan fingerprint density at radius 1 is 1.07 bits per heavy atom. The first-order valence-electron chi connectivity index (χ1n) is 7.90. The van der Waals surface area contributed by atoms with Crippen molar-refractivity contribution >= 4 is 101 Å². The molecule has 3 aromatic rings. The van der Waals surface area contributed by atoms with Crippen LogP contribution >= 0.6 is 62.7 Å². The number of carbonyl (C=O) groups is 2. The van der Waals surface area contributed by atoms with Crippen molar-refractivity contribution in [1.82, 2.24) is 5.32 Å². The van der Waals surface area contributed by atoms with Crippen LogP contribution in [0.3, 0.4) is 0 Å². The van der Waals surface area contributed by atoms with Gasteiger partial charge in [0.1, 0.15) is 5.57 Å². The van der Waals surface area contributed by atoms with Crippen LogP contribution in [0.15, 0.2) is 51.8 Å². The van der Waals surface area contributed by atoms with E-state index in [-0.39, 0.29) is 10.7 Å². The first-order valence-corrected chi connectivity index (χ1v) is 10.7. The fourth-order valence-electron chi connectivity index (χ4n) is 2.82. The average molecular weight is 512 g/mol. The molecule has 4 nitrogen and oxygen atoms in total. The zero-order valence-corrected chi connectivity index (χ0v) is 18.6. The average Bonchev–Trinajstić information content (AvgIpc) is 2.94. The Morgan fingerprint density at radius 2 is 1.75 bits per heavy atom. The standard InChI is InChI=1S/C19H9BrCl2N2O2S2/c20-16-13(12-7-10(22)3-6-15(12)28-16)8-14-17(25)23-19(27)24(18(14)26)11-4-1-9(21)2-5-11/h1-8H,(H,23,25,27)/b14-8+. The predicted octanol–water partition coefficient (Wildman–Crippen LogP) is 5.80. The molecule has 0 radical (unpaired) electrons. The monoisotopic (exact) mass is 510 g/mol. The van der Waals surface area contributed by atoms with Gasteiger partial charge in [0.15, 0.2) is 5.11 Å². The molecule has 0 spiro atoms. The number of hydrogen-bond donors (Lipinski definition) is 1. The Balaban J connectivity index is 1.83. The van der Waals surface area contributed by atoms with Gasteiger partial charge in [-0.25, -0.2) is 0 Å². The number of thiophene rings is 1. The van der Waals surface area contributed by atoms with Gasteiger partial charge in [-0.2, -0.15) is 0 Å². The van der Waals surface area contributed by atoms with Crippen molar-refractivity contribution in [2.24, 2.45) is 0 Å². The van der Waals surface area contributed by atoms with Crippen LogP contribution in [0.2, 0.25) is 10.0 Å². The normalized spacial score (nSPS) is 16.2. The van der Waals surface area contributed by atoms with Crippen LogP contribution in [0.5, 0.6) is 0 Å². The molecule has 1 N–H and O–H groups in total. The molecule has 2 heterocycles. The highest BCUT2D eigenvalue weighted by Gasteiger charge is 2.34. The SMILES string of the molecule is O=C1NC(=S)N(c2ccc(Cl)cc2)C(=O)/C1=C/c1c(Br)sc2ccc(Cl)cc12. The molecule has 1 aromatic heterocycles. The molecule has 0 aliphatic carbocycles. The molecule has 2 aromatic carbocycles. The maximum atomic E-state index is 13.1. The number of benzene rings is 2. The molecule has 28 heavy (non-hydrogen) atoms. The molecule has 1 fully saturated rings. The summed E-state index contributed by atoms with van der Waals surface area (Å²) in [6.07, 6.45) is 1.56. The summed E-state index contributed by atoms with van der Waals surface area (Å²) in [4.78, 5) is 26.9. The van der Waals surface area contributed by atoms with Gasteiger partial charge in [0.05, 0.1) is 9.47 Å². The van der Waals surface area contributed by atoms with E-state index in [4.69, 9.17) is 35.4 Å². The van der Waals surface area contributed by atoms with Gasteiger partial charge < -0.3 is 0 Å². The molecular formula is C19H9BrCl2N2O2S2. The molecular weight excluding hydrogens is 503 g/mol. The topological polar surface area (TPSA) is 49.4 Å². The minimum Gasteiger partial charge on any atom is -0.298 e. The minimum atomic E-state index is -0.548. The summed E-state index contributed by atoms with van der Waals surface area (Å²) >= 11 is 22.3. The maximum Gasteiger partial charge on any atom is 0.270 e. The minimum absolute atomic E-state index is 0.0201. The van der Waals surface area contributed by atoms with Crippen molar-refractivity contribution in [1.29, 1.82) is 0 Å². The fraction of sp³-hybridized carbons (Fsp3) is 0. The van der Waals surface area contributed by atoms with Gasteiger partial charge in [0.2, 0.25) is 0 Å². The summed E-state index contributed by atoms with van der Waals surface area (Å²) in [5, 5.41) is 4.55. The molecule has 0 bridgehead atoms. The number of halogens is 3. The van der Waals surface area contributed by atoms with Gasteiger partial charge >= 0.3 is 0 Å². The summed E-state index contributed by atoms with van der Waals surface area (Å²) in [5.41, 5.74) is 1.20. The Hall–Kier alpha value is -1.77. The molecule has 2 amide bonds. The van der Waals surface area contributed by atoms with Crippen molar-refractivity contribution in [3.8, 4) is 0 Å². The molecule has 1 aliphatic rings. The van der Waals surface area contributed by atoms with Crippen LogP contribution in [0.1, 0.15) is 5.56 Å². The molecule has 4 rings (SSSR count). The first kappa shape index (κ1) is 19.5. The summed E-state index contributed by atoms with van der Waals surface area (Å²) < 4.78 is 1.78. The van der Waals surface area contributed by atoms with Gasteiger partial charge in [-0.15, -0.1) is 11.3 Å². The molecule has 1 saturated heterocycles. The van der Waals surface area contributed by atoms with Gasteiger partial charge in [0.25, 0.3) is 11.8 Å². The van der Waals surface area contributed by atoms with Crippen LogP contribution in [0.4, 0.5) is 5.69 Å². The molecule has 1 aliphatic heterocycles. The number of thiocarbonyl (C=S) groups is 1. The second-order valence-corrected chi connectivity index (χ2v) is 9.49. The Bertz CT molecular complexity index is 1190. The van der Waals surface area contributed by atoms with E-state index in [2.05, 4.69) is 21.2 Å². The summed E-state index contributed by atoms with van der Waals surface area (Å²) in [5.74, 6) is -1.06. The van der Waals surface area contributed by atoms with Gasteiger partial charge in [-0.05, 0) is 76.7 Å². The lowest BCUT2D eigenvalue weighted by molar-refractivity contribution is -0.122. The quantitative estimate of drug-likeness (QED) is 0.268. The third-order valence-corrected chi connectivity index (χ3v) is 6.78. The van der Waals surface area contributed by atoms with Crippen LogP contribution < -0.4 is 10.2 Å². The van der Waals surface area contributed by atoms with E-state index in [1.54, 1.807) is 42.5 Å². The second kappa shape index (κ2) is 7.57. The molecule has 0 atom stereocenters. The maximum absolute atomic E-state index is 13.1. The number of nitrogens with one attached hydrogen (secondary N) is 1. The predicted molar refractivity (Wildman–Crippen MR) is 122 cm³/mol. The summed E-state index contributed by atoms with van der Waals surface area (Å²) in [6, 6.07) is 12.1. The van der Waals surface area contributed by atoms with E-state index >= 15 is 0 Å². The van der Waals surface area contributed by atoms with E-state index in [0.29, 0.717) is 21.3 Å². The molecule has 140 valence electrons. The zero-order valence-electron chi connectivity index (χ0n) is 13.8. The highest BCUT2D eigenvalue weighted by Crippen LogP contribution is 2.38. The Labute approximate surface area is 187 Å². The number of fused-ring (bicyclic) bond motifs is 1. The van der Waals surface area contributed by atoms with Crippen LogP contribution in [-0.4, -0.2) is 16.9 Å². The van der Waals surface area contributed by atoms with Gasteiger partial charge in [0, 0.05) is 25.7 Å². The number of carbonyl (C=O) groups excluding carboxylic acids is 2. The van der Waals surface area contributed by atoms with Crippen LogP contribution in [0.25, 0.3) is 16.2 Å². The Morgan fingerprint density at radius 3 is 2.46 bits per heavy atom. The number of hydrogen-bond acceptors (Lipinski definition) is 4.